The molecule has 0 radical (unpaired) electrons. The van der Waals surface area contributed by atoms with Crippen LogP contribution in [-0.2, 0) is 27.3 Å². The zero-order chi connectivity index (χ0) is 44.7. The van der Waals surface area contributed by atoms with Gasteiger partial charge in [0.15, 0.2) is 6.61 Å². The number of hydrogen-bond donors (Lipinski definition) is 6. The molecule has 0 aliphatic carbocycles. The Labute approximate surface area is 372 Å². The number of pyridine rings is 1. The van der Waals surface area contributed by atoms with E-state index in [2.05, 4.69) is 50.1 Å². The van der Waals surface area contributed by atoms with Gasteiger partial charge < -0.3 is 40.6 Å². The van der Waals surface area contributed by atoms with Gasteiger partial charge in [-0.2, -0.15) is 0 Å². The number of rotatable bonds is 20. The number of nitrogens with zero attached hydrogens (tertiary/aromatic N) is 1. The Kier molecular flexibility index (Phi) is 15.9. The number of fused-ring (bicyclic) bond motifs is 1. The van der Waals surface area contributed by atoms with Crippen LogP contribution in [0.15, 0.2) is 138 Å². The zero-order valence-electron chi connectivity index (χ0n) is 35.7. The van der Waals surface area contributed by atoms with Crippen molar-refractivity contribution in [1.29, 1.82) is 0 Å². The summed E-state index contributed by atoms with van der Waals surface area (Å²) in [5.74, 6) is -0.925. The minimum atomic E-state index is -0.859. The van der Waals surface area contributed by atoms with E-state index in [0.717, 1.165) is 43.6 Å². The molecule has 1 aliphatic heterocycles. The first-order chi connectivity index (χ1) is 31.2. The van der Waals surface area contributed by atoms with Gasteiger partial charge in [0.25, 0.3) is 11.8 Å². The second-order valence-corrected chi connectivity index (χ2v) is 16.1. The molecule has 1 unspecified atom stereocenters. The van der Waals surface area contributed by atoms with Crippen LogP contribution in [0.5, 0.6) is 11.5 Å². The van der Waals surface area contributed by atoms with Crippen LogP contribution < -0.4 is 26.2 Å². The predicted molar refractivity (Wildman–Crippen MR) is 245 cm³/mol. The fraction of sp³-hybridized carbons (Fsp3) is 0.294. The molecule has 0 bridgehead atoms. The lowest BCUT2D eigenvalue weighted by Crippen LogP contribution is -2.36. The third-order valence-corrected chi connectivity index (χ3v) is 11.5. The van der Waals surface area contributed by atoms with Crippen molar-refractivity contribution in [3.63, 3.8) is 0 Å². The molecule has 13 heteroatoms. The van der Waals surface area contributed by atoms with Gasteiger partial charge >= 0.3 is 5.97 Å². The molecular formula is C51H55N5O8. The van der Waals surface area contributed by atoms with Crippen molar-refractivity contribution in [2.45, 2.75) is 37.8 Å². The van der Waals surface area contributed by atoms with Crippen LogP contribution in [0.3, 0.4) is 0 Å². The summed E-state index contributed by atoms with van der Waals surface area (Å²) in [5.41, 5.74) is 4.83. The maximum absolute atomic E-state index is 13.7. The van der Waals surface area contributed by atoms with Crippen LogP contribution >= 0.6 is 0 Å². The van der Waals surface area contributed by atoms with Crippen molar-refractivity contribution in [1.82, 2.24) is 25.8 Å². The van der Waals surface area contributed by atoms with Gasteiger partial charge in [0.05, 0.1) is 18.2 Å². The molecule has 0 saturated carbocycles. The largest absolute Gasteiger partial charge is 0.506 e. The highest BCUT2D eigenvalue weighted by Crippen LogP contribution is 2.31. The molecule has 0 spiro atoms. The third kappa shape index (κ3) is 12.7. The molecule has 13 nitrogen and oxygen atoms in total. The van der Waals surface area contributed by atoms with E-state index in [1.807, 2.05) is 54.6 Å². The predicted octanol–water partition coefficient (Wildman–Crippen LogP) is 5.61. The maximum atomic E-state index is 13.7. The zero-order valence-corrected chi connectivity index (χ0v) is 35.7. The summed E-state index contributed by atoms with van der Waals surface area (Å²) in [6, 6.07) is 40.4. The molecule has 5 aromatic carbocycles. The molecule has 1 aliphatic rings. The van der Waals surface area contributed by atoms with Gasteiger partial charge in [-0.1, -0.05) is 91.0 Å². The number of benzene rings is 5. The number of amides is 2. The van der Waals surface area contributed by atoms with Gasteiger partial charge in [0, 0.05) is 43.2 Å². The fourth-order valence-electron chi connectivity index (χ4n) is 7.96. The quantitative estimate of drug-likeness (QED) is 0.0417. The molecule has 2 atom stereocenters. The van der Waals surface area contributed by atoms with Gasteiger partial charge in [-0.3, -0.25) is 24.1 Å². The number of aliphatic hydroxyl groups excluding tert-OH is 1. The molecule has 332 valence electrons. The van der Waals surface area contributed by atoms with Gasteiger partial charge in [-0.15, -0.1) is 0 Å². The number of ether oxygens (including phenoxy) is 2. The van der Waals surface area contributed by atoms with Crippen LogP contribution in [0.2, 0.25) is 0 Å². The van der Waals surface area contributed by atoms with E-state index < -0.39 is 12.0 Å². The molecular weight excluding hydrogens is 811 g/mol. The van der Waals surface area contributed by atoms with Gasteiger partial charge in [0.2, 0.25) is 5.56 Å². The molecule has 7 rings (SSSR count). The van der Waals surface area contributed by atoms with E-state index in [9.17, 15) is 29.4 Å². The topological polar surface area (TPSA) is 182 Å². The lowest BCUT2D eigenvalue weighted by molar-refractivity contribution is -0.146. The number of carbonyl (C=O) groups is 3. The van der Waals surface area contributed by atoms with E-state index in [1.54, 1.807) is 42.5 Å². The van der Waals surface area contributed by atoms with Crippen LogP contribution in [-0.4, -0.2) is 90.4 Å². The molecule has 1 aromatic heterocycles. The molecule has 1 saturated heterocycles. The summed E-state index contributed by atoms with van der Waals surface area (Å²) in [4.78, 5) is 56.0. The first-order valence-electron chi connectivity index (χ1n) is 21.8. The number of H-pyrrole nitrogens is 1. The second-order valence-electron chi connectivity index (χ2n) is 16.1. The van der Waals surface area contributed by atoms with Crippen LogP contribution in [0, 0.1) is 5.92 Å². The molecule has 64 heavy (non-hydrogen) atoms. The van der Waals surface area contributed by atoms with Crippen molar-refractivity contribution < 1.29 is 34.1 Å². The smallest absolute Gasteiger partial charge is 0.317 e. The summed E-state index contributed by atoms with van der Waals surface area (Å²) >= 11 is 0. The number of piperidine rings is 1. The SMILES string of the molecule is O=C(COc1cccc(C(C(=O)OCC2CCN(Cc3ccccc3)CC2)c2ccccc2)c1)NCCNC(=O)c1ccc(CCNC[C@H](O)c2ccc(O)c3[nH]c(=O)ccc23)cc1. The van der Waals surface area contributed by atoms with Crippen LogP contribution in [0.25, 0.3) is 10.9 Å². The van der Waals surface area contributed by atoms with E-state index >= 15 is 0 Å². The standard InChI is InChI=1S/C51H55N5O8/c57-44-20-18-42(43-19-21-46(59)55-49(43)44)45(58)31-52-25-22-35-14-16-39(17-15-35)50(61)54-27-26-53-47(60)34-63-41-13-7-12-40(30-41)48(38-10-5-2-6-11-38)51(62)64-33-37-23-28-56(29-24-37)32-36-8-3-1-4-9-36/h1-21,30,37,45,48,52,57-58H,22-29,31-34H2,(H,53,60)(H,54,61)(H,55,59)/t45-,48?/m0/s1. The van der Waals surface area contributed by atoms with Crippen molar-refractivity contribution >= 4 is 28.7 Å². The number of aliphatic hydroxyl groups is 1. The number of esters is 1. The number of aromatic amines is 1. The van der Waals surface area contributed by atoms with Gasteiger partial charge in [0.1, 0.15) is 17.4 Å². The van der Waals surface area contributed by atoms with Gasteiger partial charge in [-0.25, -0.2) is 0 Å². The highest BCUT2D eigenvalue weighted by atomic mass is 16.5. The molecule has 1 fully saturated rings. The average Bonchev–Trinajstić information content (AvgIpc) is 3.32. The lowest BCUT2D eigenvalue weighted by atomic mass is 9.91. The fourth-order valence-corrected chi connectivity index (χ4v) is 7.96. The second kappa shape index (κ2) is 22.5. The minimum Gasteiger partial charge on any atom is -0.506 e. The van der Waals surface area contributed by atoms with E-state index in [0.29, 0.717) is 53.3 Å². The Morgan fingerprint density at radius 1 is 0.766 bits per heavy atom. The number of hydrogen-bond acceptors (Lipinski definition) is 10. The number of likely N-dealkylation sites (tertiary alicyclic amines) is 1. The van der Waals surface area contributed by atoms with Crippen molar-refractivity contribution in [3.8, 4) is 11.5 Å². The Morgan fingerprint density at radius 3 is 2.25 bits per heavy atom. The Morgan fingerprint density at radius 2 is 1.48 bits per heavy atom. The summed E-state index contributed by atoms with van der Waals surface area (Å²) in [7, 11) is 0. The average molecular weight is 866 g/mol. The van der Waals surface area contributed by atoms with E-state index in [1.165, 1.54) is 17.7 Å². The monoisotopic (exact) mass is 865 g/mol. The maximum Gasteiger partial charge on any atom is 0.317 e. The highest BCUT2D eigenvalue weighted by molar-refractivity contribution is 5.94. The van der Waals surface area contributed by atoms with Crippen molar-refractivity contribution in [2.24, 2.45) is 5.92 Å². The number of phenols is 1. The highest BCUT2D eigenvalue weighted by Gasteiger charge is 2.27. The number of aromatic hydroxyl groups is 1. The van der Waals surface area contributed by atoms with E-state index in [4.69, 9.17) is 9.47 Å². The van der Waals surface area contributed by atoms with Gasteiger partial charge in [-0.05, 0) is 109 Å². The number of phenolic OH excluding ortho intramolecular Hbond substituents is 1. The third-order valence-electron chi connectivity index (χ3n) is 11.5. The summed E-state index contributed by atoms with van der Waals surface area (Å²) in [6.07, 6.45) is 1.73. The first kappa shape index (κ1) is 45.2. The normalized spacial score (nSPS) is 14.1. The molecule has 6 N–H and O–H groups in total. The number of aromatic nitrogens is 1. The Hall–Kier alpha value is -6.80. The first-order valence-corrected chi connectivity index (χ1v) is 21.8. The number of nitrogens with one attached hydrogen (secondary N) is 4. The molecule has 2 amide bonds. The summed E-state index contributed by atoms with van der Waals surface area (Å²) in [6.45, 7) is 4.22. The summed E-state index contributed by atoms with van der Waals surface area (Å²) in [5, 5.41) is 30.3. The Bertz CT molecular complexity index is 2530. The van der Waals surface area contributed by atoms with Crippen LogP contribution in [0.4, 0.5) is 0 Å². The van der Waals surface area contributed by atoms with Crippen LogP contribution in [0.1, 0.15) is 63.0 Å². The van der Waals surface area contributed by atoms with Crippen molar-refractivity contribution in [3.05, 3.63) is 177 Å². The molecule has 2 heterocycles. The lowest BCUT2D eigenvalue weighted by Gasteiger charge is -2.32. The van der Waals surface area contributed by atoms with E-state index in [-0.39, 0.29) is 60.9 Å². The van der Waals surface area contributed by atoms with Crippen molar-refractivity contribution in [2.75, 3.05) is 52.5 Å². The molecule has 6 aromatic rings. The summed E-state index contributed by atoms with van der Waals surface area (Å²) < 4.78 is 11.8. The number of carbonyl (C=O) groups excluding carboxylic acids is 3. The Balaban J connectivity index is 0.805. The minimum absolute atomic E-state index is 0.0618.